The molecule has 8 heteroatoms. The highest BCUT2D eigenvalue weighted by Gasteiger charge is 2.34. The molecule has 1 aliphatic rings. The number of carbonyl (C=O) groups excluding carboxylic acids is 2. The molecule has 1 saturated heterocycles. The number of thiophene rings is 1. The van der Waals surface area contributed by atoms with E-state index in [1.807, 2.05) is 41.8 Å². The van der Waals surface area contributed by atoms with Crippen molar-refractivity contribution < 1.29 is 14.3 Å². The fourth-order valence-corrected chi connectivity index (χ4v) is 4.68. The van der Waals surface area contributed by atoms with E-state index in [0.717, 1.165) is 8.45 Å². The molecule has 29 heavy (non-hydrogen) atoms. The highest BCUT2D eigenvalue weighted by molar-refractivity contribution is 14.1. The van der Waals surface area contributed by atoms with Crippen molar-refractivity contribution in [2.75, 3.05) is 4.90 Å². The molecule has 0 radical (unpaired) electrons. The summed E-state index contributed by atoms with van der Waals surface area (Å²) in [7, 11) is 0. The van der Waals surface area contributed by atoms with Crippen molar-refractivity contribution in [1.82, 2.24) is 5.32 Å². The lowest BCUT2D eigenvalue weighted by molar-refractivity contribution is -0.122. The molecule has 1 N–H and O–H groups in total. The maximum atomic E-state index is 13.0. The summed E-state index contributed by atoms with van der Waals surface area (Å²) in [4.78, 5) is 27.6. The van der Waals surface area contributed by atoms with Gasteiger partial charge in [-0.05, 0) is 88.7 Å². The molecule has 2 heterocycles. The van der Waals surface area contributed by atoms with Crippen LogP contribution in [0, 0.1) is 3.57 Å². The molecule has 1 aliphatic heterocycles. The van der Waals surface area contributed by atoms with E-state index < -0.39 is 11.8 Å². The van der Waals surface area contributed by atoms with E-state index in [2.05, 4.69) is 27.9 Å². The zero-order valence-corrected chi connectivity index (χ0v) is 18.6. The number of rotatable bonds is 4. The van der Waals surface area contributed by atoms with Crippen molar-refractivity contribution in [2.45, 2.75) is 0 Å². The third kappa shape index (κ3) is 4.24. The zero-order chi connectivity index (χ0) is 20.4. The number of benzene rings is 2. The van der Waals surface area contributed by atoms with Gasteiger partial charge < -0.3 is 4.74 Å². The minimum atomic E-state index is -0.496. The summed E-state index contributed by atoms with van der Waals surface area (Å²) >= 11 is 8.88. The Bertz CT molecular complexity index is 1120. The summed E-state index contributed by atoms with van der Waals surface area (Å²) in [5.74, 6) is 0.389. The van der Waals surface area contributed by atoms with Gasteiger partial charge >= 0.3 is 0 Å². The summed E-state index contributed by atoms with van der Waals surface area (Å²) in [6.45, 7) is 0. The van der Waals surface area contributed by atoms with Gasteiger partial charge in [-0.3, -0.25) is 19.8 Å². The maximum absolute atomic E-state index is 13.0. The summed E-state index contributed by atoms with van der Waals surface area (Å²) < 4.78 is 6.75. The predicted molar refractivity (Wildman–Crippen MR) is 126 cm³/mol. The number of halogens is 1. The van der Waals surface area contributed by atoms with Gasteiger partial charge in [-0.15, -0.1) is 11.3 Å². The van der Waals surface area contributed by atoms with Crippen molar-refractivity contribution in [3.63, 3.8) is 0 Å². The van der Waals surface area contributed by atoms with Crippen LogP contribution in [0.5, 0.6) is 11.5 Å². The Labute approximate surface area is 190 Å². The fraction of sp³-hybridized carbons (Fsp3) is 0. The molecular weight excluding hydrogens is 519 g/mol. The lowest BCUT2D eigenvalue weighted by Gasteiger charge is -2.29. The van der Waals surface area contributed by atoms with Crippen molar-refractivity contribution in [2.24, 2.45) is 0 Å². The number of ether oxygens (including phenoxy) is 1. The molecule has 0 spiro atoms. The van der Waals surface area contributed by atoms with E-state index in [1.54, 1.807) is 30.3 Å². The predicted octanol–water partition coefficient (Wildman–Crippen LogP) is 4.98. The molecule has 144 valence electrons. The monoisotopic (exact) mass is 532 g/mol. The molecule has 3 aromatic rings. The standard InChI is InChI=1S/C21H13IN2O3S2/c22-17-10-11-29-18(17)12-16-19(25)23-21(28)24(20(16)26)13-6-8-15(9-7-13)27-14-4-2-1-3-5-14/h1-12H,(H,23,25,28)/b16-12+. The minimum Gasteiger partial charge on any atom is -0.457 e. The Balaban J connectivity index is 1.60. The van der Waals surface area contributed by atoms with Crippen LogP contribution in [0.1, 0.15) is 4.88 Å². The second-order valence-electron chi connectivity index (χ2n) is 6.00. The van der Waals surface area contributed by atoms with Gasteiger partial charge in [-0.25, -0.2) is 0 Å². The average Bonchev–Trinajstić information content (AvgIpc) is 3.12. The van der Waals surface area contributed by atoms with Crippen molar-refractivity contribution >= 4 is 74.8 Å². The first kappa shape index (κ1) is 19.7. The van der Waals surface area contributed by atoms with Crippen LogP contribution < -0.4 is 15.0 Å². The molecule has 0 atom stereocenters. The number of hydrogen-bond donors (Lipinski definition) is 1. The van der Waals surface area contributed by atoms with E-state index >= 15 is 0 Å². The van der Waals surface area contributed by atoms with Crippen LogP contribution in [0.4, 0.5) is 5.69 Å². The number of hydrogen-bond acceptors (Lipinski definition) is 5. The highest BCUT2D eigenvalue weighted by atomic mass is 127. The lowest BCUT2D eigenvalue weighted by Crippen LogP contribution is -2.54. The van der Waals surface area contributed by atoms with Crippen LogP contribution >= 0.6 is 46.1 Å². The third-order valence-electron chi connectivity index (χ3n) is 4.10. The molecule has 5 nitrogen and oxygen atoms in total. The molecule has 4 rings (SSSR count). The normalized spacial score (nSPS) is 15.6. The van der Waals surface area contributed by atoms with Crippen LogP contribution in [0.25, 0.3) is 6.08 Å². The van der Waals surface area contributed by atoms with Gasteiger partial charge in [0.05, 0.1) is 5.69 Å². The Morgan fingerprint density at radius 2 is 1.69 bits per heavy atom. The number of thiocarbonyl (C=S) groups is 1. The van der Waals surface area contributed by atoms with Crippen LogP contribution in [-0.4, -0.2) is 16.9 Å². The molecule has 0 saturated carbocycles. The van der Waals surface area contributed by atoms with Crippen LogP contribution in [-0.2, 0) is 9.59 Å². The number of nitrogens with zero attached hydrogens (tertiary/aromatic N) is 1. The Kier molecular flexibility index (Phi) is 5.74. The van der Waals surface area contributed by atoms with E-state index in [1.165, 1.54) is 16.2 Å². The second-order valence-corrected chi connectivity index (χ2v) is 8.50. The molecule has 0 unspecified atom stereocenters. The Hall–Kier alpha value is -2.56. The lowest BCUT2D eigenvalue weighted by atomic mass is 10.1. The van der Waals surface area contributed by atoms with Crippen LogP contribution in [0.15, 0.2) is 71.6 Å². The SMILES string of the molecule is O=C1NC(=S)N(c2ccc(Oc3ccccc3)cc2)C(=O)/C1=C/c1sccc1I. The van der Waals surface area contributed by atoms with E-state index in [-0.39, 0.29) is 10.7 Å². The largest absolute Gasteiger partial charge is 0.457 e. The molecule has 2 aromatic carbocycles. The molecule has 1 fully saturated rings. The molecule has 0 aliphatic carbocycles. The van der Waals surface area contributed by atoms with Crippen molar-refractivity contribution in [3.05, 3.63) is 80.1 Å². The smallest absolute Gasteiger partial charge is 0.270 e. The molecule has 0 bridgehead atoms. The first-order chi connectivity index (χ1) is 14.0. The van der Waals surface area contributed by atoms with Gasteiger partial charge in [0.2, 0.25) is 0 Å². The van der Waals surface area contributed by atoms with Gasteiger partial charge in [-0.2, -0.15) is 0 Å². The molecular formula is C21H13IN2O3S2. The summed E-state index contributed by atoms with van der Waals surface area (Å²) in [5, 5.41) is 4.56. The Morgan fingerprint density at radius 1 is 1.00 bits per heavy atom. The van der Waals surface area contributed by atoms with Gasteiger partial charge in [0, 0.05) is 8.45 Å². The molecule has 1 aromatic heterocycles. The van der Waals surface area contributed by atoms with E-state index in [9.17, 15) is 9.59 Å². The zero-order valence-electron chi connectivity index (χ0n) is 14.8. The first-order valence-electron chi connectivity index (χ1n) is 8.50. The topological polar surface area (TPSA) is 58.6 Å². The number of amides is 2. The summed E-state index contributed by atoms with van der Waals surface area (Å²) in [5.41, 5.74) is 0.593. The second kappa shape index (κ2) is 8.44. The number of nitrogens with one attached hydrogen (secondary N) is 1. The van der Waals surface area contributed by atoms with Gasteiger partial charge in [0.25, 0.3) is 11.8 Å². The van der Waals surface area contributed by atoms with E-state index in [4.69, 9.17) is 17.0 Å². The van der Waals surface area contributed by atoms with Gasteiger partial charge in [0.15, 0.2) is 5.11 Å². The number of para-hydroxylation sites is 1. The van der Waals surface area contributed by atoms with Crippen molar-refractivity contribution in [1.29, 1.82) is 0 Å². The summed E-state index contributed by atoms with van der Waals surface area (Å²) in [6.07, 6.45) is 1.60. The van der Waals surface area contributed by atoms with Gasteiger partial charge in [-0.1, -0.05) is 18.2 Å². The quantitative estimate of drug-likeness (QED) is 0.223. The Morgan fingerprint density at radius 3 is 2.34 bits per heavy atom. The highest BCUT2D eigenvalue weighted by Crippen LogP contribution is 2.28. The number of carbonyl (C=O) groups is 2. The van der Waals surface area contributed by atoms with E-state index in [0.29, 0.717) is 17.2 Å². The maximum Gasteiger partial charge on any atom is 0.270 e. The third-order valence-corrected chi connectivity index (χ3v) is 6.55. The van der Waals surface area contributed by atoms with Crippen molar-refractivity contribution in [3.8, 4) is 11.5 Å². The number of anilines is 1. The minimum absolute atomic E-state index is 0.0450. The summed E-state index contributed by atoms with van der Waals surface area (Å²) in [6, 6.07) is 18.3. The molecule has 2 amide bonds. The van der Waals surface area contributed by atoms with Crippen LogP contribution in [0.2, 0.25) is 0 Å². The average molecular weight is 532 g/mol. The first-order valence-corrected chi connectivity index (χ1v) is 10.9. The van der Waals surface area contributed by atoms with Gasteiger partial charge in [0.1, 0.15) is 17.1 Å². The fourth-order valence-electron chi connectivity index (χ4n) is 2.72. The van der Waals surface area contributed by atoms with Crippen LogP contribution in [0.3, 0.4) is 0 Å².